The molecule has 86 valence electrons. The Balaban J connectivity index is 1.91. The quantitative estimate of drug-likeness (QED) is 0.700. The lowest BCUT2D eigenvalue weighted by molar-refractivity contribution is 0.102. The molecule has 17 heavy (non-hydrogen) atoms. The largest absolute Gasteiger partial charge is 0.289 e. The number of allylic oxidation sites excluding steroid dienone is 3. The Hall–Kier alpha value is -1.28. The van der Waals surface area contributed by atoms with Crippen LogP contribution in [0, 0.1) is 5.92 Å². The summed E-state index contributed by atoms with van der Waals surface area (Å²) in [6.45, 7) is 0. The lowest BCUT2D eigenvalue weighted by Gasteiger charge is -2.18. The molecule has 1 unspecified atom stereocenters. The molecule has 2 aliphatic rings. The Morgan fingerprint density at radius 3 is 2.94 bits per heavy atom. The van der Waals surface area contributed by atoms with E-state index in [-0.39, 0.29) is 5.78 Å². The van der Waals surface area contributed by atoms with Crippen LogP contribution in [0.5, 0.6) is 0 Å². The van der Waals surface area contributed by atoms with E-state index in [0.29, 0.717) is 5.92 Å². The molecule has 1 heterocycles. The fraction of sp³-hybridized carbons (Fsp3) is 0.267. The number of thioether (sulfide) groups is 1. The second-order valence-electron chi connectivity index (χ2n) is 4.50. The minimum atomic E-state index is 0.233. The fourth-order valence-corrected chi connectivity index (χ4v) is 3.27. The number of Topliss-reactive ketones (excluding diaryl/α,β-unsaturated/α-hetero) is 1. The molecule has 1 atom stereocenters. The molecule has 0 spiro atoms. The van der Waals surface area contributed by atoms with E-state index in [1.807, 2.05) is 30.0 Å². The lowest BCUT2D eigenvalue weighted by Crippen LogP contribution is -2.15. The second-order valence-corrected chi connectivity index (χ2v) is 5.44. The van der Waals surface area contributed by atoms with Crippen LogP contribution in [0.1, 0.15) is 22.3 Å². The molecule has 2 heteroatoms. The van der Waals surface area contributed by atoms with Gasteiger partial charge in [0.25, 0.3) is 0 Å². The van der Waals surface area contributed by atoms with E-state index in [9.17, 15) is 4.79 Å². The van der Waals surface area contributed by atoms with Crippen LogP contribution in [-0.2, 0) is 6.42 Å². The average molecular weight is 242 g/mol. The van der Waals surface area contributed by atoms with Gasteiger partial charge in [-0.3, -0.25) is 4.79 Å². The van der Waals surface area contributed by atoms with Gasteiger partial charge in [-0.05, 0) is 29.4 Å². The highest BCUT2D eigenvalue weighted by Crippen LogP contribution is 2.28. The van der Waals surface area contributed by atoms with Gasteiger partial charge in [0.2, 0.25) is 0 Å². The molecule has 0 radical (unpaired) electrons. The number of hydrogen-bond acceptors (Lipinski definition) is 2. The van der Waals surface area contributed by atoms with E-state index >= 15 is 0 Å². The molecule has 0 amide bonds. The summed E-state index contributed by atoms with van der Waals surface area (Å²) in [6.07, 6.45) is 6.24. The van der Waals surface area contributed by atoms with Crippen LogP contribution < -0.4 is 0 Å². The topological polar surface area (TPSA) is 17.1 Å². The first-order chi connectivity index (χ1) is 8.34. The zero-order chi connectivity index (χ0) is 11.7. The van der Waals surface area contributed by atoms with E-state index < -0.39 is 0 Å². The first-order valence-corrected chi connectivity index (χ1v) is 7.01. The molecular formula is C15H14OS. The van der Waals surface area contributed by atoms with Gasteiger partial charge in [-0.15, -0.1) is 11.8 Å². The van der Waals surface area contributed by atoms with E-state index in [0.717, 1.165) is 29.7 Å². The number of carbonyl (C=O) groups is 1. The van der Waals surface area contributed by atoms with Crippen LogP contribution in [-0.4, -0.2) is 11.5 Å². The van der Waals surface area contributed by atoms with Crippen molar-refractivity contribution in [2.45, 2.75) is 12.8 Å². The molecule has 0 saturated heterocycles. The van der Waals surface area contributed by atoms with Gasteiger partial charge in [0, 0.05) is 17.2 Å². The maximum absolute atomic E-state index is 12.3. The number of hydrogen-bond donors (Lipinski definition) is 0. The van der Waals surface area contributed by atoms with Crippen molar-refractivity contribution in [2.24, 2.45) is 5.92 Å². The van der Waals surface area contributed by atoms with Crippen molar-refractivity contribution in [3.8, 4) is 0 Å². The molecule has 3 rings (SSSR count). The van der Waals surface area contributed by atoms with E-state index in [4.69, 9.17) is 0 Å². The van der Waals surface area contributed by atoms with E-state index in [1.54, 1.807) is 0 Å². The summed E-state index contributed by atoms with van der Waals surface area (Å²) in [7, 11) is 0. The van der Waals surface area contributed by atoms with Crippen molar-refractivity contribution in [1.82, 2.24) is 0 Å². The van der Waals surface area contributed by atoms with Crippen molar-refractivity contribution in [3.63, 3.8) is 0 Å². The minimum absolute atomic E-state index is 0.233. The van der Waals surface area contributed by atoms with E-state index in [1.165, 1.54) is 5.56 Å². The van der Waals surface area contributed by atoms with Crippen molar-refractivity contribution in [3.05, 3.63) is 58.5 Å². The second kappa shape index (κ2) is 4.53. The van der Waals surface area contributed by atoms with Crippen molar-refractivity contribution >= 4 is 17.5 Å². The van der Waals surface area contributed by atoms with E-state index in [2.05, 4.69) is 23.6 Å². The van der Waals surface area contributed by atoms with Gasteiger partial charge in [-0.25, -0.2) is 0 Å². The third-order valence-electron chi connectivity index (χ3n) is 3.34. The Kier molecular flexibility index (Phi) is 2.89. The molecule has 0 fully saturated rings. The molecule has 0 N–H and O–H groups in total. The predicted octanol–water partition coefficient (Wildman–Crippen LogP) is 3.62. The van der Waals surface area contributed by atoms with Gasteiger partial charge in [0.15, 0.2) is 5.78 Å². The van der Waals surface area contributed by atoms with Gasteiger partial charge >= 0.3 is 0 Å². The number of aryl methyl sites for hydroxylation is 1. The lowest BCUT2D eigenvalue weighted by atomic mass is 9.85. The molecule has 1 aromatic rings. The average Bonchev–Trinajstić information content (AvgIpc) is 2.86. The fourth-order valence-electron chi connectivity index (χ4n) is 2.42. The molecule has 1 aliphatic carbocycles. The van der Waals surface area contributed by atoms with Gasteiger partial charge in [-0.2, -0.15) is 0 Å². The number of benzene rings is 1. The van der Waals surface area contributed by atoms with Gasteiger partial charge in [0.1, 0.15) is 0 Å². The third kappa shape index (κ3) is 2.09. The molecule has 0 aromatic heterocycles. The minimum Gasteiger partial charge on any atom is -0.289 e. The van der Waals surface area contributed by atoms with Crippen LogP contribution in [0.4, 0.5) is 0 Å². The first kappa shape index (κ1) is 10.8. The summed E-state index contributed by atoms with van der Waals surface area (Å²) in [5, 5.41) is 2.13. The smallest absolute Gasteiger partial charge is 0.188 e. The number of rotatable bonds is 1. The van der Waals surface area contributed by atoms with Crippen LogP contribution in [0.25, 0.3) is 0 Å². The summed E-state index contributed by atoms with van der Waals surface area (Å²) in [5.41, 5.74) is 3.10. The van der Waals surface area contributed by atoms with Crippen molar-refractivity contribution in [2.75, 3.05) is 5.75 Å². The number of fused-ring (bicyclic) bond motifs is 1. The monoisotopic (exact) mass is 242 g/mol. The Labute approximate surface area is 106 Å². The number of ketones is 1. The van der Waals surface area contributed by atoms with Crippen LogP contribution in [0.15, 0.2) is 47.4 Å². The summed E-state index contributed by atoms with van der Waals surface area (Å²) in [6, 6.07) is 7.97. The van der Waals surface area contributed by atoms with Gasteiger partial charge in [0.05, 0.1) is 0 Å². The zero-order valence-electron chi connectivity index (χ0n) is 9.56. The van der Waals surface area contributed by atoms with Crippen molar-refractivity contribution in [1.29, 1.82) is 0 Å². The normalized spacial score (nSPS) is 25.3. The predicted molar refractivity (Wildman–Crippen MR) is 72.3 cm³/mol. The SMILES string of the molecule is O=C1/C(=C/C2C=CSC2)CCc2ccccc21. The highest BCUT2D eigenvalue weighted by Gasteiger charge is 2.22. The van der Waals surface area contributed by atoms with Crippen LogP contribution in [0.2, 0.25) is 0 Å². The molecule has 1 nitrogen and oxygen atoms in total. The maximum Gasteiger partial charge on any atom is 0.188 e. The van der Waals surface area contributed by atoms with Gasteiger partial charge in [-0.1, -0.05) is 36.4 Å². The molecule has 1 aromatic carbocycles. The molecule has 0 saturated carbocycles. The highest BCUT2D eigenvalue weighted by molar-refractivity contribution is 8.02. The highest BCUT2D eigenvalue weighted by atomic mass is 32.2. The standard InChI is InChI=1S/C15H14OS/c16-15-13(9-11-7-8-17-10-11)6-5-12-3-1-2-4-14(12)15/h1-4,7-9,11H,5-6,10H2/b13-9+. The Bertz CT molecular complexity index is 513. The number of carbonyl (C=O) groups excluding carboxylic acids is 1. The van der Waals surface area contributed by atoms with Crippen LogP contribution in [0.3, 0.4) is 0 Å². The van der Waals surface area contributed by atoms with Gasteiger partial charge < -0.3 is 0 Å². The summed E-state index contributed by atoms with van der Waals surface area (Å²) >= 11 is 1.82. The third-order valence-corrected chi connectivity index (χ3v) is 4.27. The maximum atomic E-state index is 12.3. The van der Waals surface area contributed by atoms with Crippen molar-refractivity contribution < 1.29 is 4.79 Å². The molecule has 0 bridgehead atoms. The zero-order valence-corrected chi connectivity index (χ0v) is 10.4. The summed E-state index contributed by atoms with van der Waals surface area (Å²) < 4.78 is 0. The summed E-state index contributed by atoms with van der Waals surface area (Å²) in [4.78, 5) is 12.3. The van der Waals surface area contributed by atoms with Crippen LogP contribution >= 0.6 is 11.8 Å². The molecule has 1 aliphatic heterocycles. The Morgan fingerprint density at radius 1 is 1.24 bits per heavy atom. The summed E-state index contributed by atoms with van der Waals surface area (Å²) in [5.74, 6) is 1.76. The Morgan fingerprint density at radius 2 is 2.12 bits per heavy atom. The first-order valence-electron chi connectivity index (χ1n) is 5.96. The molecular weight excluding hydrogens is 228 g/mol.